The molecule has 0 atom stereocenters. The molecular formula is C19H20N4O5. The number of benzene rings is 1. The molecule has 0 radical (unpaired) electrons. The highest BCUT2D eigenvalue weighted by atomic mass is 16.5. The summed E-state index contributed by atoms with van der Waals surface area (Å²) in [6.07, 6.45) is 0.531. The molecule has 1 aromatic carbocycles. The van der Waals surface area contributed by atoms with E-state index in [9.17, 15) is 9.59 Å². The summed E-state index contributed by atoms with van der Waals surface area (Å²) in [4.78, 5) is 30.7. The molecule has 0 unspecified atom stereocenters. The van der Waals surface area contributed by atoms with Crippen molar-refractivity contribution in [1.82, 2.24) is 20.4 Å². The number of H-pyrrole nitrogens is 1. The second-order valence-electron chi connectivity index (χ2n) is 5.83. The van der Waals surface area contributed by atoms with Crippen molar-refractivity contribution in [2.75, 3.05) is 14.2 Å². The average Bonchev–Trinajstić information content (AvgIpc) is 3.20. The average molecular weight is 384 g/mol. The number of carbonyl (C=O) groups is 1. The molecule has 2 aromatic heterocycles. The molecule has 0 spiro atoms. The molecule has 9 nitrogen and oxygen atoms in total. The lowest BCUT2D eigenvalue weighted by molar-refractivity contribution is 0.0945. The molecule has 2 heterocycles. The van der Waals surface area contributed by atoms with E-state index in [4.69, 9.17) is 14.0 Å². The van der Waals surface area contributed by atoms with Gasteiger partial charge in [-0.25, -0.2) is 0 Å². The minimum absolute atomic E-state index is 0.0569. The lowest BCUT2D eigenvalue weighted by Crippen LogP contribution is -2.25. The smallest absolute Gasteiger partial charge is 0.253 e. The van der Waals surface area contributed by atoms with Crippen LogP contribution in [0.4, 0.5) is 0 Å². The van der Waals surface area contributed by atoms with Gasteiger partial charge in [0.1, 0.15) is 0 Å². The van der Waals surface area contributed by atoms with Crippen LogP contribution in [0.15, 0.2) is 39.6 Å². The lowest BCUT2D eigenvalue weighted by Gasteiger charge is -2.07. The molecule has 0 saturated carbocycles. The van der Waals surface area contributed by atoms with Crippen LogP contribution in [-0.2, 0) is 13.0 Å². The van der Waals surface area contributed by atoms with Gasteiger partial charge in [-0.05, 0) is 30.7 Å². The number of aromatic nitrogens is 3. The maximum Gasteiger partial charge on any atom is 0.253 e. The zero-order valence-electron chi connectivity index (χ0n) is 15.7. The third kappa shape index (κ3) is 4.03. The van der Waals surface area contributed by atoms with Crippen molar-refractivity contribution in [1.29, 1.82) is 0 Å². The van der Waals surface area contributed by atoms with Crippen LogP contribution >= 0.6 is 0 Å². The van der Waals surface area contributed by atoms with Crippen molar-refractivity contribution in [2.45, 2.75) is 19.9 Å². The number of nitrogens with zero attached hydrogens (tertiary/aromatic N) is 2. The van der Waals surface area contributed by atoms with Gasteiger partial charge in [0.15, 0.2) is 11.5 Å². The SMILES string of the molecule is CCc1[nH]c(=O)ccc1C(=O)NCc1nc(-c2ccc(OC)c(OC)c2)no1. The van der Waals surface area contributed by atoms with Crippen LogP contribution in [0.3, 0.4) is 0 Å². The number of hydrogen-bond donors (Lipinski definition) is 2. The third-order valence-corrected chi connectivity index (χ3v) is 4.11. The second kappa shape index (κ2) is 8.38. The van der Waals surface area contributed by atoms with Gasteiger partial charge in [0.05, 0.1) is 26.3 Å². The molecule has 1 amide bonds. The number of hydrogen-bond acceptors (Lipinski definition) is 7. The first-order valence-electron chi connectivity index (χ1n) is 8.61. The molecule has 3 rings (SSSR count). The van der Waals surface area contributed by atoms with E-state index >= 15 is 0 Å². The van der Waals surface area contributed by atoms with Crippen LogP contribution in [0.1, 0.15) is 28.9 Å². The number of carbonyl (C=O) groups excluding carboxylic acids is 1. The van der Waals surface area contributed by atoms with Gasteiger partial charge in [-0.2, -0.15) is 4.98 Å². The minimum Gasteiger partial charge on any atom is -0.493 e. The van der Waals surface area contributed by atoms with Gasteiger partial charge in [0.2, 0.25) is 17.3 Å². The molecule has 28 heavy (non-hydrogen) atoms. The molecule has 0 aliphatic carbocycles. The van der Waals surface area contributed by atoms with E-state index in [1.54, 1.807) is 32.4 Å². The van der Waals surface area contributed by atoms with E-state index in [2.05, 4.69) is 20.4 Å². The monoisotopic (exact) mass is 384 g/mol. The lowest BCUT2D eigenvalue weighted by atomic mass is 10.1. The normalized spacial score (nSPS) is 10.5. The van der Waals surface area contributed by atoms with Crippen LogP contribution in [-0.4, -0.2) is 35.3 Å². The Morgan fingerprint density at radius 2 is 1.96 bits per heavy atom. The Morgan fingerprint density at radius 1 is 1.18 bits per heavy atom. The van der Waals surface area contributed by atoms with Gasteiger partial charge in [-0.3, -0.25) is 9.59 Å². The van der Waals surface area contributed by atoms with Crippen molar-refractivity contribution >= 4 is 5.91 Å². The van der Waals surface area contributed by atoms with Crippen LogP contribution in [0.2, 0.25) is 0 Å². The summed E-state index contributed by atoms with van der Waals surface area (Å²) in [5.41, 5.74) is 1.42. The Morgan fingerprint density at radius 3 is 2.68 bits per heavy atom. The first-order valence-corrected chi connectivity index (χ1v) is 8.61. The van der Waals surface area contributed by atoms with Gasteiger partial charge < -0.3 is 24.3 Å². The summed E-state index contributed by atoms with van der Waals surface area (Å²) in [7, 11) is 3.10. The first-order chi connectivity index (χ1) is 13.5. The molecule has 2 N–H and O–H groups in total. The van der Waals surface area contributed by atoms with Gasteiger partial charge in [0.25, 0.3) is 5.91 Å². The fourth-order valence-electron chi connectivity index (χ4n) is 2.68. The maximum atomic E-state index is 12.4. The number of pyridine rings is 1. The first kappa shape index (κ1) is 19.2. The fraction of sp³-hybridized carbons (Fsp3) is 0.263. The number of aryl methyl sites for hydroxylation is 1. The number of rotatable bonds is 7. The number of nitrogens with one attached hydrogen (secondary N) is 2. The highest BCUT2D eigenvalue weighted by molar-refractivity contribution is 5.95. The molecule has 0 fully saturated rings. The van der Waals surface area contributed by atoms with Crippen molar-refractivity contribution in [3.05, 3.63) is 57.8 Å². The molecule has 0 bridgehead atoms. The minimum atomic E-state index is -0.334. The second-order valence-corrected chi connectivity index (χ2v) is 5.83. The largest absolute Gasteiger partial charge is 0.493 e. The van der Waals surface area contributed by atoms with E-state index < -0.39 is 0 Å². The summed E-state index contributed by atoms with van der Waals surface area (Å²) in [5.74, 6) is 1.42. The van der Waals surface area contributed by atoms with Crippen LogP contribution < -0.4 is 20.3 Å². The van der Waals surface area contributed by atoms with Crippen LogP contribution in [0.5, 0.6) is 11.5 Å². The molecule has 0 saturated heterocycles. The van der Waals surface area contributed by atoms with Crippen molar-refractivity contribution < 1.29 is 18.8 Å². The number of aromatic amines is 1. The summed E-state index contributed by atoms with van der Waals surface area (Å²) in [6.45, 7) is 1.91. The number of methoxy groups -OCH3 is 2. The van der Waals surface area contributed by atoms with Crippen LogP contribution in [0, 0.1) is 0 Å². The predicted molar refractivity (Wildman–Crippen MR) is 100 cm³/mol. The summed E-state index contributed by atoms with van der Waals surface area (Å²) >= 11 is 0. The van der Waals surface area contributed by atoms with Gasteiger partial charge in [-0.15, -0.1) is 0 Å². The molecular weight excluding hydrogens is 364 g/mol. The number of ether oxygens (including phenoxy) is 2. The summed E-state index contributed by atoms with van der Waals surface area (Å²) in [5, 5.41) is 6.65. The van der Waals surface area contributed by atoms with E-state index in [-0.39, 0.29) is 23.9 Å². The van der Waals surface area contributed by atoms with E-state index in [1.165, 1.54) is 12.1 Å². The Bertz CT molecular complexity index is 1040. The topological polar surface area (TPSA) is 119 Å². The van der Waals surface area contributed by atoms with Crippen LogP contribution in [0.25, 0.3) is 11.4 Å². The Hall–Kier alpha value is -3.62. The summed E-state index contributed by atoms with van der Waals surface area (Å²) in [6, 6.07) is 8.07. The Kier molecular flexibility index (Phi) is 5.73. The quantitative estimate of drug-likeness (QED) is 0.639. The molecule has 0 aliphatic heterocycles. The highest BCUT2D eigenvalue weighted by Gasteiger charge is 2.15. The predicted octanol–water partition coefficient (Wildman–Crippen LogP) is 1.93. The van der Waals surface area contributed by atoms with E-state index in [0.717, 1.165) is 0 Å². The van der Waals surface area contributed by atoms with Gasteiger partial charge in [0, 0.05) is 17.3 Å². The molecule has 9 heteroatoms. The van der Waals surface area contributed by atoms with E-state index in [0.29, 0.717) is 40.6 Å². The van der Waals surface area contributed by atoms with Crippen molar-refractivity contribution in [3.63, 3.8) is 0 Å². The zero-order valence-corrected chi connectivity index (χ0v) is 15.7. The van der Waals surface area contributed by atoms with Crippen molar-refractivity contribution in [2.24, 2.45) is 0 Å². The van der Waals surface area contributed by atoms with Crippen molar-refractivity contribution in [3.8, 4) is 22.9 Å². The fourth-order valence-corrected chi connectivity index (χ4v) is 2.68. The standard InChI is InChI=1S/C19H20N4O5/c1-4-13-12(6-8-16(24)21-13)19(25)20-10-17-22-18(23-28-17)11-5-7-14(26-2)15(9-11)27-3/h5-9H,4,10H2,1-3H3,(H,20,25)(H,21,24). The third-order valence-electron chi connectivity index (χ3n) is 4.11. The number of amides is 1. The zero-order chi connectivity index (χ0) is 20.1. The van der Waals surface area contributed by atoms with Gasteiger partial charge in [-0.1, -0.05) is 12.1 Å². The molecule has 146 valence electrons. The summed E-state index contributed by atoms with van der Waals surface area (Å²) < 4.78 is 15.7. The highest BCUT2D eigenvalue weighted by Crippen LogP contribution is 2.31. The maximum absolute atomic E-state index is 12.4. The Balaban J connectivity index is 1.72. The van der Waals surface area contributed by atoms with Gasteiger partial charge >= 0.3 is 0 Å². The van der Waals surface area contributed by atoms with E-state index in [1.807, 2.05) is 6.92 Å². The Labute approximate surface area is 160 Å². The molecule has 0 aliphatic rings. The molecule has 3 aromatic rings.